The molecule has 134 valence electrons. The molecular weight excluding hydrogens is 322 g/mol. The molecule has 0 radical (unpaired) electrons. The molecule has 0 bridgehead atoms. The molecule has 0 aromatic carbocycles. The standard InChI is InChI=1S/C8H14ClN3O2S.C3H8.2C2H6/c9-5(11-7(13)6(10)15)8(14)12-3-1-2-4-12;1-3-2;2*1-2/h5-6,15H,1-4,10H2,(H,11,13);3H2,1-2H3;2*1-2H3. The summed E-state index contributed by atoms with van der Waals surface area (Å²) >= 11 is 9.47. The molecular formula is C15H34ClN3O2S. The number of rotatable bonds is 3. The van der Waals surface area contributed by atoms with Gasteiger partial charge in [0.2, 0.25) is 5.91 Å². The fourth-order valence-electron chi connectivity index (χ4n) is 1.37. The number of nitrogens with two attached hydrogens (primary N) is 1. The number of likely N-dealkylation sites (tertiary alicyclic amines) is 1. The van der Waals surface area contributed by atoms with Crippen LogP contribution in [-0.4, -0.2) is 40.7 Å². The second kappa shape index (κ2) is 18.6. The molecule has 2 unspecified atom stereocenters. The topological polar surface area (TPSA) is 75.4 Å². The van der Waals surface area contributed by atoms with E-state index in [-0.39, 0.29) is 5.91 Å². The molecule has 0 aliphatic carbocycles. The average Bonchev–Trinajstić information content (AvgIpc) is 3.05. The van der Waals surface area contributed by atoms with E-state index in [0.717, 1.165) is 12.8 Å². The first-order valence-electron chi connectivity index (χ1n) is 8.10. The molecule has 0 saturated carbocycles. The van der Waals surface area contributed by atoms with Gasteiger partial charge in [0.05, 0.1) is 0 Å². The molecule has 3 N–H and O–H groups in total. The van der Waals surface area contributed by atoms with E-state index in [4.69, 9.17) is 17.3 Å². The second-order valence-electron chi connectivity index (χ2n) is 4.06. The Morgan fingerprint density at radius 3 is 1.86 bits per heavy atom. The van der Waals surface area contributed by atoms with Crippen molar-refractivity contribution in [2.45, 2.75) is 71.7 Å². The Kier molecular flexibility index (Phi) is 22.3. The number of carbonyl (C=O) groups is 2. The van der Waals surface area contributed by atoms with Crippen LogP contribution < -0.4 is 11.1 Å². The summed E-state index contributed by atoms with van der Waals surface area (Å²) in [5, 5.41) is 1.33. The van der Waals surface area contributed by atoms with Crippen LogP contribution in [0.3, 0.4) is 0 Å². The van der Waals surface area contributed by atoms with Crippen molar-refractivity contribution >= 4 is 36.0 Å². The number of halogens is 1. The fraction of sp³-hybridized carbons (Fsp3) is 0.867. The van der Waals surface area contributed by atoms with Gasteiger partial charge >= 0.3 is 0 Å². The number of nitrogens with one attached hydrogen (secondary N) is 1. The monoisotopic (exact) mass is 355 g/mol. The summed E-state index contributed by atoms with van der Waals surface area (Å²) in [6.07, 6.45) is 3.21. The Morgan fingerprint density at radius 1 is 1.18 bits per heavy atom. The van der Waals surface area contributed by atoms with E-state index in [1.807, 2.05) is 27.7 Å². The molecule has 2 amide bonds. The number of hydrogen-bond acceptors (Lipinski definition) is 4. The van der Waals surface area contributed by atoms with Gasteiger partial charge in [0.25, 0.3) is 5.91 Å². The molecule has 7 heteroatoms. The Bertz CT molecular complexity index is 274. The molecule has 2 atom stereocenters. The molecule has 22 heavy (non-hydrogen) atoms. The van der Waals surface area contributed by atoms with Crippen molar-refractivity contribution in [2.75, 3.05) is 13.1 Å². The molecule has 1 aliphatic heterocycles. The molecule has 1 heterocycles. The van der Waals surface area contributed by atoms with Crippen LogP contribution in [0.15, 0.2) is 0 Å². The lowest BCUT2D eigenvalue weighted by atomic mass is 10.4. The smallest absolute Gasteiger partial charge is 0.260 e. The van der Waals surface area contributed by atoms with Gasteiger partial charge in [-0.05, 0) is 12.8 Å². The van der Waals surface area contributed by atoms with Crippen molar-refractivity contribution in [1.29, 1.82) is 0 Å². The summed E-state index contributed by atoms with van der Waals surface area (Å²) in [5.41, 5.74) is 4.16. The van der Waals surface area contributed by atoms with Gasteiger partial charge in [-0.3, -0.25) is 9.59 Å². The van der Waals surface area contributed by atoms with Crippen LogP contribution in [0.25, 0.3) is 0 Å². The lowest BCUT2D eigenvalue weighted by Crippen LogP contribution is -2.48. The van der Waals surface area contributed by atoms with E-state index < -0.39 is 16.8 Å². The summed E-state index contributed by atoms with van der Waals surface area (Å²) in [6.45, 7) is 13.6. The second-order valence-corrected chi connectivity index (χ2v) is 5.05. The molecule has 0 spiro atoms. The van der Waals surface area contributed by atoms with E-state index in [0.29, 0.717) is 13.1 Å². The first-order chi connectivity index (χ1) is 10.4. The zero-order valence-corrected chi connectivity index (χ0v) is 16.5. The maximum Gasteiger partial charge on any atom is 0.260 e. The SMILES string of the molecule is CC.CC.CCC.NC(S)C(=O)NC(Cl)C(=O)N1CCCC1. The molecule has 1 fully saturated rings. The van der Waals surface area contributed by atoms with Crippen molar-refractivity contribution in [2.24, 2.45) is 5.73 Å². The van der Waals surface area contributed by atoms with Crippen molar-refractivity contribution in [3.8, 4) is 0 Å². The van der Waals surface area contributed by atoms with E-state index >= 15 is 0 Å². The third-order valence-corrected chi connectivity index (χ3v) is 2.70. The highest BCUT2D eigenvalue weighted by Crippen LogP contribution is 2.10. The molecule has 1 saturated heterocycles. The van der Waals surface area contributed by atoms with Crippen LogP contribution in [0.1, 0.15) is 60.8 Å². The average molecular weight is 356 g/mol. The van der Waals surface area contributed by atoms with Gasteiger partial charge in [-0.25, -0.2) is 0 Å². The Labute approximate surface area is 146 Å². The summed E-state index contributed by atoms with van der Waals surface area (Å²) in [7, 11) is 0. The normalized spacial score (nSPS) is 14.9. The molecule has 5 nitrogen and oxygen atoms in total. The number of amides is 2. The van der Waals surface area contributed by atoms with Crippen molar-refractivity contribution in [3.05, 3.63) is 0 Å². The molecule has 0 aromatic heterocycles. The minimum Gasteiger partial charge on any atom is -0.340 e. The third kappa shape index (κ3) is 13.2. The minimum atomic E-state index is -1.05. The van der Waals surface area contributed by atoms with E-state index in [1.54, 1.807) is 4.90 Å². The predicted molar refractivity (Wildman–Crippen MR) is 99.2 cm³/mol. The van der Waals surface area contributed by atoms with Crippen LogP contribution in [0.2, 0.25) is 0 Å². The predicted octanol–water partition coefficient (Wildman–Crippen LogP) is 2.97. The Balaban J connectivity index is -0.000000446. The fourth-order valence-corrected chi connectivity index (χ4v) is 1.69. The quantitative estimate of drug-likeness (QED) is 0.315. The van der Waals surface area contributed by atoms with Crippen LogP contribution in [-0.2, 0) is 9.59 Å². The lowest BCUT2D eigenvalue weighted by Gasteiger charge is -2.20. The molecule has 0 aromatic rings. The van der Waals surface area contributed by atoms with E-state index in [1.165, 1.54) is 6.42 Å². The number of carbonyl (C=O) groups excluding carboxylic acids is 2. The number of thiol groups is 1. The zero-order valence-electron chi connectivity index (χ0n) is 14.9. The van der Waals surface area contributed by atoms with Crippen molar-refractivity contribution in [3.63, 3.8) is 0 Å². The highest BCUT2D eigenvalue weighted by Gasteiger charge is 2.26. The van der Waals surface area contributed by atoms with Gasteiger partial charge in [0.15, 0.2) is 5.50 Å². The van der Waals surface area contributed by atoms with Gasteiger partial charge in [-0.1, -0.05) is 59.6 Å². The first-order valence-corrected chi connectivity index (χ1v) is 9.06. The van der Waals surface area contributed by atoms with Crippen LogP contribution in [0.4, 0.5) is 0 Å². The first kappa shape index (κ1) is 26.4. The van der Waals surface area contributed by atoms with Crippen LogP contribution in [0, 0.1) is 0 Å². The maximum atomic E-state index is 11.6. The zero-order chi connectivity index (χ0) is 18.1. The number of nitrogens with zero attached hydrogens (tertiary/aromatic N) is 1. The maximum absolute atomic E-state index is 11.6. The van der Waals surface area contributed by atoms with Gasteiger partial charge in [0, 0.05) is 13.1 Å². The highest BCUT2D eigenvalue weighted by molar-refractivity contribution is 7.81. The minimum absolute atomic E-state index is 0.281. The van der Waals surface area contributed by atoms with Gasteiger partial charge in [-0.15, -0.1) is 0 Å². The Hall–Kier alpha value is -0.460. The summed E-state index contributed by atoms with van der Waals surface area (Å²) in [5.74, 6) is -0.831. The van der Waals surface area contributed by atoms with Gasteiger partial charge in [-0.2, -0.15) is 12.6 Å². The van der Waals surface area contributed by atoms with E-state index in [2.05, 4.69) is 31.8 Å². The number of hydrogen-bond donors (Lipinski definition) is 3. The summed E-state index contributed by atoms with van der Waals surface area (Å²) in [4.78, 5) is 24.3. The van der Waals surface area contributed by atoms with Gasteiger partial charge < -0.3 is 16.0 Å². The highest BCUT2D eigenvalue weighted by atomic mass is 35.5. The number of alkyl halides is 1. The van der Waals surface area contributed by atoms with Crippen LogP contribution in [0.5, 0.6) is 0 Å². The Morgan fingerprint density at radius 2 is 1.55 bits per heavy atom. The van der Waals surface area contributed by atoms with Crippen molar-refractivity contribution < 1.29 is 9.59 Å². The third-order valence-electron chi connectivity index (χ3n) is 2.17. The largest absolute Gasteiger partial charge is 0.340 e. The van der Waals surface area contributed by atoms with Crippen molar-refractivity contribution in [1.82, 2.24) is 10.2 Å². The van der Waals surface area contributed by atoms with E-state index in [9.17, 15) is 9.59 Å². The van der Waals surface area contributed by atoms with Crippen LogP contribution >= 0.6 is 24.2 Å². The lowest BCUT2D eigenvalue weighted by molar-refractivity contribution is -0.133. The summed E-state index contributed by atoms with van der Waals surface area (Å²) in [6, 6.07) is 0. The van der Waals surface area contributed by atoms with Gasteiger partial charge in [0.1, 0.15) is 5.37 Å². The summed E-state index contributed by atoms with van der Waals surface area (Å²) < 4.78 is 0. The molecule has 1 aliphatic rings. The molecule has 1 rings (SSSR count).